The molecule has 1 heterocycles. The van der Waals surface area contributed by atoms with Crippen molar-refractivity contribution in [2.45, 2.75) is 0 Å². The Balaban J connectivity index is 1.71. The van der Waals surface area contributed by atoms with Gasteiger partial charge in [-0.3, -0.25) is 10.1 Å². The van der Waals surface area contributed by atoms with E-state index in [0.717, 1.165) is 37.4 Å². The van der Waals surface area contributed by atoms with Crippen molar-refractivity contribution < 1.29 is 14.3 Å². The molecule has 32 heavy (non-hydrogen) atoms. The summed E-state index contributed by atoms with van der Waals surface area (Å²) in [5.41, 5.74) is 2.76. The monoisotopic (exact) mass is 472 g/mol. The number of carbonyl (C=O) groups is 2. The minimum Gasteiger partial charge on any atom is -0.465 e. The minimum atomic E-state index is -0.446. The van der Waals surface area contributed by atoms with Gasteiger partial charge in [-0.15, -0.1) is 0 Å². The first-order valence-corrected chi connectivity index (χ1v) is 10.9. The molecule has 1 amide bonds. The average molecular weight is 473 g/mol. The number of piperazine rings is 1. The van der Waals surface area contributed by atoms with Gasteiger partial charge in [-0.05, 0) is 61.2 Å². The number of halogens is 1. The zero-order chi connectivity index (χ0) is 23.1. The number of rotatable bonds is 5. The normalized spacial score (nSPS) is 14.3. The van der Waals surface area contributed by atoms with E-state index in [9.17, 15) is 9.59 Å². The van der Waals surface area contributed by atoms with E-state index in [1.54, 1.807) is 30.3 Å². The number of ether oxygens (including phenoxy) is 1. The Morgan fingerprint density at radius 3 is 2.44 bits per heavy atom. The lowest BCUT2D eigenvalue weighted by Crippen LogP contribution is -2.45. The molecule has 1 aliphatic rings. The van der Waals surface area contributed by atoms with Gasteiger partial charge >= 0.3 is 5.97 Å². The molecule has 0 saturated carbocycles. The van der Waals surface area contributed by atoms with Crippen LogP contribution in [0.3, 0.4) is 0 Å². The van der Waals surface area contributed by atoms with Crippen molar-refractivity contribution in [2.75, 3.05) is 50.6 Å². The molecule has 1 aliphatic heterocycles. The van der Waals surface area contributed by atoms with E-state index in [1.807, 2.05) is 18.2 Å². The van der Waals surface area contributed by atoms with E-state index in [1.165, 1.54) is 13.2 Å². The number of thiocarbonyl (C=S) groups is 1. The lowest BCUT2D eigenvalue weighted by molar-refractivity contribution is -0.115. The van der Waals surface area contributed by atoms with Crippen LogP contribution >= 0.6 is 23.8 Å². The van der Waals surface area contributed by atoms with Crippen LogP contribution in [0.25, 0.3) is 6.08 Å². The molecule has 0 atom stereocenters. The summed E-state index contributed by atoms with van der Waals surface area (Å²) in [5.74, 6) is -0.818. The Bertz CT molecular complexity index is 1020. The highest BCUT2D eigenvalue weighted by molar-refractivity contribution is 7.80. The van der Waals surface area contributed by atoms with Crippen molar-refractivity contribution in [3.63, 3.8) is 0 Å². The molecule has 3 rings (SSSR count). The van der Waals surface area contributed by atoms with E-state index in [0.29, 0.717) is 16.3 Å². The fourth-order valence-corrected chi connectivity index (χ4v) is 3.59. The molecule has 168 valence electrons. The molecule has 0 spiro atoms. The van der Waals surface area contributed by atoms with Crippen LogP contribution < -0.4 is 15.5 Å². The first-order chi connectivity index (χ1) is 15.4. The maximum atomic E-state index is 12.3. The van der Waals surface area contributed by atoms with Crippen LogP contribution in [0.5, 0.6) is 0 Å². The van der Waals surface area contributed by atoms with E-state index in [4.69, 9.17) is 28.6 Å². The van der Waals surface area contributed by atoms with Gasteiger partial charge in [0.2, 0.25) is 5.91 Å². The SMILES string of the molecule is COC(=O)c1ccc(N2CCN(C)CC2)c(NC(=S)NC(=O)/C=C/c2ccc(Cl)cc2)c1. The number of esters is 1. The molecule has 9 heteroatoms. The number of anilines is 2. The number of nitrogens with one attached hydrogen (secondary N) is 2. The van der Waals surface area contributed by atoms with Crippen LogP contribution in [0.2, 0.25) is 5.02 Å². The third kappa shape index (κ3) is 6.53. The second kappa shape index (κ2) is 11.1. The van der Waals surface area contributed by atoms with Gasteiger partial charge in [0.25, 0.3) is 0 Å². The average Bonchev–Trinajstić information content (AvgIpc) is 2.78. The molecule has 0 bridgehead atoms. The second-order valence-electron chi connectivity index (χ2n) is 7.34. The van der Waals surface area contributed by atoms with Gasteiger partial charge in [0.1, 0.15) is 0 Å². The number of nitrogens with zero attached hydrogens (tertiary/aromatic N) is 2. The number of amides is 1. The third-order valence-electron chi connectivity index (χ3n) is 5.04. The van der Waals surface area contributed by atoms with Crippen molar-refractivity contribution in [3.05, 3.63) is 64.7 Å². The van der Waals surface area contributed by atoms with Crippen molar-refractivity contribution in [1.82, 2.24) is 10.2 Å². The maximum Gasteiger partial charge on any atom is 0.337 e. The summed E-state index contributed by atoms with van der Waals surface area (Å²) in [4.78, 5) is 28.8. The summed E-state index contributed by atoms with van der Waals surface area (Å²) < 4.78 is 4.83. The predicted molar refractivity (Wildman–Crippen MR) is 132 cm³/mol. The van der Waals surface area contributed by atoms with Gasteiger partial charge in [0.15, 0.2) is 5.11 Å². The Hall–Kier alpha value is -2.94. The standard InChI is InChI=1S/C23H25ClN4O3S/c1-27-11-13-28(14-12-27)20-9-6-17(22(30)31-2)15-19(20)25-23(32)26-21(29)10-5-16-3-7-18(24)8-4-16/h3-10,15H,11-14H2,1-2H3,(H2,25,26,29,32)/b10-5+. The van der Waals surface area contributed by atoms with Crippen LogP contribution in [0.1, 0.15) is 15.9 Å². The quantitative estimate of drug-likeness (QED) is 0.392. The number of hydrogen-bond donors (Lipinski definition) is 2. The van der Waals surface area contributed by atoms with Crippen LogP contribution in [-0.4, -0.2) is 62.2 Å². The largest absolute Gasteiger partial charge is 0.465 e. The van der Waals surface area contributed by atoms with Gasteiger partial charge in [-0.1, -0.05) is 23.7 Å². The summed E-state index contributed by atoms with van der Waals surface area (Å²) in [6.07, 6.45) is 3.06. The Morgan fingerprint density at radius 1 is 1.09 bits per heavy atom. The molecule has 0 aromatic heterocycles. The first-order valence-electron chi connectivity index (χ1n) is 10.1. The van der Waals surface area contributed by atoms with Gasteiger partial charge in [-0.2, -0.15) is 0 Å². The number of hydrogen-bond acceptors (Lipinski definition) is 6. The third-order valence-corrected chi connectivity index (χ3v) is 5.50. The van der Waals surface area contributed by atoms with Gasteiger partial charge < -0.3 is 19.9 Å². The number of benzene rings is 2. The summed E-state index contributed by atoms with van der Waals surface area (Å²) in [7, 11) is 3.42. The highest BCUT2D eigenvalue weighted by atomic mass is 35.5. The van der Waals surface area contributed by atoms with E-state index >= 15 is 0 Å². The lowest BCUT2D eigenvalue weighted by Gasteiger charge is -2.35. The van der Waals surface area contributed by atoms with Crippen molar-refractivity contribution in [3.8, 4) is 0 Å². The van der Waals surface area contributed by atoms with Crippen molar-refractivity contribution in [2.24, 2.45) is 0 Å². The van der Waals surface area contributed by atoms with Crippen LogP contribution in [0, 0.1) is 0 Å². The zero-order valence-electron chi connectivity index (χ0n) is 17.9. The maximum absolute atomic E-state index is 12.3. The predicted octanol–water partition coefficient (Wildman–Crippen LogP) is 3.40. The van der Waals surface area contributed by atoms with Crippen molar-refractivity contribution >= 4 is 58.3 Å². The smallest absolute Gasteiger partial charge is 0.337 e. The molecular weight excluding hydrogens is 448 g/mol. The highest BCUT2D eigenvalue weighted by Gasteiger charge is 2.19. The lowest BCUT2D eigenvalue weighted by atomic mass is 10.1. The first kappa shape index (κ1) is 23.7. The highest BCUT2D eigenvalue weighted by Crippen LogP contribution is 2.28. The molecule has 1 saturated heterocycles. The molecule has 2 aromatic rings. The fourth-order valence-electron chi connectivity index (χ4n) is 3.26. The minimum absolute atomic E-state index is 0.133. The van der Waals surface area contributed by atoms with Crippen LogP contribution in [0.4, 0.5) is 11.4 Å². The summed E-state index contributed by atoms with van der Waals surface area (Å²) >= 11 is 11.2. The van der Waals surface area contributed by atoms with E-state index in [2.05, 4.69) is 27.5 Å². The molecule has 7 nitrogen and oxygen atoms in total. The van der Waals surface area contributed by atoms with Gasteiger partial charge in [0.05, 0.1) is 24.0 Å². The Kier molecular flexibility index (Phi) is 8.21. The summed E-state index contributed by atoms with van der Waals surface area (Å²) in [6, 6.07) is 12.4. The number of likely N-dealkylation sites (N-methyl/N-ethyl adjacent to an activating group) is 1. The number of carbonyl (C=O) groups excluding carboxylic acids is 2. The molecule has 1 fully saturated rings. The van der Waals surface area contributed by atoms with Crippen LogP contribution in [0.15, 0.2) is 48.5 Å². The molecular formula is C23H25ClN4O3S. The fraction of sp³-hybridized carbons (Fsp3) is 0.261. The molecule has 0 aliphatic carbocycles. The van der Waals surface area contributed by atoms with E-state index in [-0.39, 0.29) is 11.0 Å². The molecule has 0 radical (unpaired) electrons. The zero-order valence-corrected chi connectivity index (χ0v) is 19.5. The van der Waals surface area contributed by atoms with Gasteiger partial charge in [-0.25, -0.2) is 4.79 Å². The summed E-state index contributed by atoms with van der Waals surface area (Å²) in [5, 5.41) is 6.46. The summed E-state index contributed by atoms with van der Waals surface area (Å²) in [6.45, 7) is 3.53. The van der Waals surface area contributed by atoms with Crippen molar-refractivity contribution in [1.29, 1.82) is 0 Å². The van der Waals surface area contributed by atoms with Gasteiger partial charge in [0, 0.05) is 37.3 Å². The molecule has 0 unspecified atom stereocenters. The molecule has 2 aromatic carbocycles. The molecule has 2 N–H and O–H groups in total. The Morgan fingerprint density at radius 2 is 1.78 bits per heavy atom. The topological polar surface area (TPSA) is 73.9 Å². The van der Waals surface area contributed by atoms with Crippen LogP contribution in [-0.2, 0) is 9.53 Å². The Labute approximate surface area is 198 Å². The second-order valence-corrected chi connectivity index (χ2v) is 8.19. The van der Waals surface area contributed by atoms with E-state index < -0.39 is 5.97 Å². The number of methoxy groups -OCH3 is 1.